The second-order valence-electron chi connectivity index (χ2n) is 6.53. The van der Waals surface area contributed by atoms with Gasteiger partial charge in [-0.05, 0) is 25.8 Å². The molecular formula is C17H26N4OS. The minimum Gasteiger partial charge on any atom is -0.355 e. The van der Waals surface area contributed by atoms with Crippen LogP contribution in [0.4, 0.5) is 0 Å². The Kier molecular flexibility index (Phi) is 5.93. The van der Waals surface area contributed by atoms with E-state index in [0.29, 0.717) is 24.8 Å². The minimum absolute atomic E-state index is 0.0332. The molecule has 2 heterocycles. The summed E-state index contributed by atoms with van der Waals surface area (Å²) in [6, 6.07) is 2.07. The first-order valence-corrected chi connectivity index (χ1v) is 8.95. The Bertz CT molecular complexity index is 659. The van der Waals surface area contributed by atoms with Crippen LogP contribution in [0.15, 0.2) is 11.4 Å². The molecule has 2 aromatic heterocycles. The predicted octanol–water partition coefficient (Wildman–Crippen LogP) is 3.07. The summed E-state index contributed by atoms with van der Waals surface area (Å²) in [7, 11) is 0. The van der Waals surface area contributed by atoms with E-state index in [9.17, 15) is 4.79 Å². The predicted molar refractivity (Wildman–Crippen MR) is 93.8 cm³/mol. The van der Waals surface area contributed by atoms with Crippen molar-refractivity contribution in [3.8, 4) is 0 Å². The lowest BCUT2D eigenvalue weighted by Gasteiger charge is -2.13. The summed E-state index contributed by atoms with van der Waals surface area (Å²) in [5.41, 5.74) is 3.05. The van der Waals surface area contributed by atoms with E-state index in [-0.39, 0.29) is 5.91 Å². The molecule has 1 unspecified atom stereocenters. The van der Waals surface area contributed by atoms with Crippen LogP contribution in [0, 0.1) is 19.8 Å². The molecule has 0 aromatic carbocycles. The number of rotatable bonds is 7. The third-order valence-corrected chi connectivity index (χ3v) is 4.83. The molecule has 2 rings (SSSR count). The number of nitrogens with zero attached hydrogens (tertiary/aromatic N) is 3. The van der Waals surface area contributed by atoms with Crippen molar-refractivity contribution >= 4 is 17.2 Å². The smallest absolute Gasteiger partial charge is 0.226 e. The number of nitrogens with one attached hydrogen (secondary N) is 1. The van der Waals surface area contributed by atoms with Crippen molar-refractivity contribution in [1.29, 1.82) is 0 Å². The molecule has 1 N–H and O–H groups in total. The first-order chi connectivity index (χ1) is 10.8. The van der Waals surface area contributed by atoms with Gasteiger partial charge in [0, 0.05) is 30.1 Å². The lowest BCUT2D eigenvalue weighted by atomic mass is 10.1. The highest BCUT2D eigenvalue weighted by molar-refractivity contribution is 7.09. The van der Waals surface area contributed by atoms with Crippen molar-refractivity contribution in [3.63, 3.8) is 0 Å². The standard InChI is InChI=1S/C17H26N4OS/c1-11(2)17-19-15(10-23-17)7-16(22)18-8-12(3)9-21-14(5)6-13(4)20-21/h6,10-12H,7-9H2,1-5H3,(H,18,22). The van der Waals surface area contributed by atoms with Crippen molar-refractivity contribution in [2.24, 2.45) is 5.92 Å². The summed E-state index contributed by atoms with van der Waals surface area (Å²) >= 11 is 1.63. The van der Waals surface area contributed by atoms with Crippen LogP contribution in [0.1, 0.15) is 48.8 Å². The van der Waals surface area contributed by atoms with Crippen LogP contribution in [0.5, 0.6) is 0 Å². The van der Waals surface area contributed by atoms with Crippen molar-refractivity contribution in [2.75, 3.05) is 6.54 Å². The first kappa shape index (κ1) is 17.7. The summed E-state index contributed by atoms with van der Waals surface area (Å²) in [6.45, 7) is 11.9. The van der Waals surface area contributed by atoms with Gasteiger partial charge in [-0.1, -0.05) is 20.8 Å². The van der Waals surface area contributed by atoms with E-state index in [1.165, 1.54) is 0 Å². The minimum atomic E-state index is 0.0332. The second kappa shape index (κ2) is 7.73. The molecule has 0 radical (unpaired) electrons. The van der Waals surface area contributed by atoms with Crippen LogP contribution in [-0.2, 0) is 17.8 Å². The van der Waals surface area contributed by atoms with Gasteiger partial charge in [0.15, 0.2) is 0 Å². The van der Waals surface area contributed by atoms with Gasteiger partial charge in [-0.3, -0.25) is 9.48 Å². The third kappa shape index (κ3) is 5.16. The summed E-state index contributed by atoms with van der Waals surface area (Å²) < 4.78 is 2.00. The fourth-order valence-electron chi connectivity index (χ4n) is 2.40. The summed E-state index contributed by atoms with van der Waals surface area (Å²) in [5.74, 6) is 0.780. The summed E-state index contributed by atoms with van der Waals surface area (Å²) in [5, 5.41) is 10.5. The molecule has 1 amide bonds. The van der Waals surface area contributed by atoms with Crippen LogP contribution in [0.3, 0.4) is 0 Å². The quantitative estimate of drug-likeness (QED) is 0.846. The summed E-state index contributed by atoms with van der Waals surface area (Å²) in [4.78, 5) is 16.6. The number of aromatic nitrogens is 3. The molecule has 2 aromatic rings. The molecular weight excluding hydrogens is 308 g/mol. The second-order valence-corrected chi connectivity index (χ2v) is 7.42. The van der Waals surface area contributed by atoms with Crippen molar-refractivity contribution in [3.05, 3.63) is 33.5 Å². The van der Waals surface area contributed by atoms with E-state index in [2.05, 4.69) is 49.2 Å². The van der Waals surface area contributed by atoms with Crippen LogP contribution < -0.4 is 5.32 Å². The molecule has 0 aliphatic rings. The van der Waals surface area contributed by atoms with Gasteiger partial charge in [0.1, 0.15) is 0 Å². The van der Waals surface area contributed by atoms with E-state index in [0.717, 1.165) is 28.6 Å². The lowest BCUT2D eigenvalue weighted by Crippen LogP contribution is -2.31. The third-order valence-electron chi connectivity index (χ3n) is 3.64. The maximum Gasteiger partial charge on any atom is 0.226 e. The lowest BCUT2D eigenvalue weighted by molar-refractivity contribution is -0.120. The molecule has 0 aliphatic heterocycles. The van der Waals surface area contributed by atoms with Gasteiger partial charge >= 0.3 is 0 Å². The fraction of sp³-hybridized carbons (Fsp3) is 0.588. The maximum absolute atomic E-state index is 12.1. The molecule has 0 saturated heterocycles. The molecule has 5 nitrogen and oxygen atoms in total. The Morgan fingerprint density at radius 1 is 1.35 bits per heavy atom. The number of amides is 1. The topological polar surface area (TPSA) is 59.8 Å². The molecule has 23 heavy (non-hydrogen) atoms. The van der Waals surface area contributed by atoms with Gasteiger partial charge in [0.05, 0.1) is 22.8 Å². The number of carbonyl (C=O) groups excluding carboxylic acids is 1. The Balaban J connectivity index is 1.78. The zero-order valence-electron chi connectivity index (χ0n) is 14.6. The Hall–Kier alpha value is -1.69. The van der Waals surface area contributed by atoms with Crippen LogP contribution >= 0.6 is 11.3 Å². The largest absolute Gasteiger partial charge is 0.355 e. The van der Waals surface area contributed by atoms with Crippen molar-refractivity contribution in [1.82, 2.24) is 20.1 Å². The average molecular weight is 334 g/mol. The van der Waals surface area contributed by atoms with Gasteiger partial charge in [-0.15, -0.1) is 11.3 Å². The normalized spacial score (nSPS) is 12.6. The zero-order valence-corrected chi connectivity index (χ0v) is 15.4. The monoisotopic (exact) mass is 334 g/mol. The Labute approximate surface area is 142 Å². The first-order valence-electron chi connectivity index (χ1n) is 8.07. The molecule has 0 fully saturated rings. The Morgan fingerprint density at radius 3 is 2.65 bits per heavy atom. The van der Waals surface area contributed by atoms with E-state index >= 15 is 0 Å². The highest BCUT2D eigenvalue weighted by Gasteiger charge is 2.12. The molecule has 0 spiro atoms. The van der Waals surface area contributed by atoms with E-state index in [4.69, 9.17) is 0 Å². The van der Waals surface area contributed by atoms with Crippen LogP contribution in [-0.4, -0.2) is 27.2 Å². The SMILES string of the molecule is Cc1cc(C)n(CC(C)CNC(=O)Cc2csc(C(C)C)n2)n1. The van der Waals surface area contributed by atoms with Gasteiger partial charge in [0.25, 0.3) is 0 Å². The molecule has 1 atom stereocenters. The van der Waals surface area contributed by atoms with Crippen molar-refractivity contribution in [2.45, 2.75) is 53.5 Å². The highest BCUT2D eigenvalue weighted by Crippen LogP contribution is 2.19. The van der Waals surface area contributed by atoms with Gasteiger partial charge < -0.3 is 5.32 Å². The number of thiazole rings is 1. The number of carbonyl (C=O) groups is 1. The van der Waals surface area contributed by atoms with E-state index < -0.39 is 0 Å². The maximum atomic E-state index is 12.1. The molecule has 0 aliphatic carbocycles. The highest BCUT2D eigenvalue weighted by atomic mass is 32.1. The van der Waals surface area contributed by atoms with E-state index in [1.807, 2.05) is 17.0 Å². The van der Waals surface area contributed by atoms with Crippen LogP contribution in [0.25, 0.3) is 0 Å². The number of hydrogen-bond acceptors (Lipinski definition) is 4. The zero-order chi connectivity index (χ0) is 17.0. The van der Waals surface area contributed by atoms with Gasteiger partial charge in [-0.25, -0.2) is 4.98 Å². The Morgan fingerprint density at radius 2 is 2.09 bits per heavy atom. The van der Waals surface area contributed by atoms with Gasteiger partial charge in [0.2, 0.25) is 5.91 Å². The molecule has 6 heteroatoms. The summed E-state index contributed by atoms with van der Waals surface area (Å²) in [6.07, 6.45) is 0.357. The average Bonchev–Trinajstić information content (AvgIpc) is 3.04. The number of aryl methyl sites for hydroxylation is 2. The van der Waals surface area contributed by atoms with Crippen LogP contribution in [0.2, 0.25) is 0 Å². The van der Waals surface area contributed by atoms with Gasteiger partial charge in [-0.2, -0.15) is 5.10 Å². The number of hydrogen-bond donors (Lipinski definition) is 1. The fourth-order valence-corrected chi connectivity index (χ4v) is 3.24. The molecule has 126 valence electrons. The van der Waals surface area contributed by atoms with E-state index in [1.54, 1.807) is 11.3 Å². The van der Waals surface area contributed by atoms with Crippen molar-refractivity contribution < 1.29 is 4.79 Å². The molecule has 0 bridgehead atoms. The molecule has 0 saturated carbocycles.